The molecule has 7 nitrogen and oxygen atoms in total. The lowest BCUT2D eigenvalue weighted by Gasteiger charge is -2.15. The van der Waals surface area contributed by atoms with Gasteiger partial charge in [0.25, 0.3) is 0 Å². The van der Waals surface area contributed by atoms with Gasteiger partial charge in [0.2, 0.25) is 5.95 Å². The highest BCUT2D eigenvalue weighted by Gasteiger charge is 2.25. The Morgan fingerprint density at radius 3 is 2.78 bits per heavy atom. The van der Waals surface area contributed by atoms with Gasteiger partial charge < -0.3 is 10.6 Å². The van der Waals surface area contributed by atoms with E-state index >= 15 is 0 Å². The maximum Gasteiger partial charge on any atom is 0.225 e. The highest BCUT2D eigenvalue weighted by atomic mass is 35.5. The average molecular weight is 392 g/mol. The summed E-state index contributed by atoms with van der Waals surface area (Å²) < 4.78 is 26.9. The molecule has 140 valence electrons. The van der Waals surface area contributed by atoms with Gasteiger partial charge in [-0.2, -0.15) is 10.1 Å². The van der Waals surface area contributed by atoms with Gasteiger partial charge in [0, 0.05) is 23.7 Å². The lowest BCUT2D eigenvalue weighted by molar-refractivity contribution is 0.550. The molecule has 3 N–H and O–H groups in total. The number of pyridine rings is 1. The van der Waals surface area contributed by atoms with Crippen molar-refractivity contribution in [1.82, 2.24) is 25.1 Å². The molecule has 1 aliphatic carbocycles. The van der Waals surface area contributed by atoms with E-state index < -0.39 is 17.7 Å². The minimum absolute atomic E-state index is 0.0610. The quantitative estimate of drug-likeness (QED) is 0.579. The Balaban J connectivity index is 1.50. The standard InChI is InChI=1S/C17H16ClF2N7/c1-8(15-12(20)4-10(19)6-21-15)23-17-22-7-11(18)16(25-17)24-14-5-13(26-27-14)9-2-3-9/h4-9H,2-3H2,1H3,(H3,22,23,24,25,26,27). The van der Waals surface area contributed by atoms with E-state index in [9.17, 15) is 8.78 Å². The molecule has 0 aliphatic heterocycles. The van der Waals surface area contributed by atoms with E-state index in [-0.39, 0.29) is 11.6 Å². The summed E-state index contributed by atoms with van der Waals surface area (Å²) in [6, 6.07) is 2.13. The van der Waals surface area contributed by atoms with Crippen LogP contribution < -0.4 is 10.6 Å². The fourth-order valence-corrected chi connectivity index (χ4v) is 2.79. The van der Waals surface area contributed by atoms with Gasteiger partial charge in [0.05, 0.1) is 24.1 Å². The number of hydrogen-bond donors (Lipinski definition) is 3. The summed E-state index contributed by atoms with van der Waals surface area (Å²) in [5.74, 6) is 0.252. The predicted molar refractivity (Wildman–Crippen MR) is 97.1 cm³/mol. The second-order valence-corrected chi connectivity index (χ2v) is 6.79. The van der Waals surface area contributed by atoms with Crippen LogP contribution >= 0.6 is 11.6 Å². The molecular formula is C17H16ClF2N7. The number of anilines is 3. The Hall–Kier alpha value is -2.81. The molecule has 1 saturated carbocycles. The predicted octanol–water partition coefficient (Wildman–Crippen LogP) is 4.32. The van der Waals surface area contributed by atoms with Crippen molar-refractivity contribution in [3.05, 3.63) is 52.6 Å². The fourth-order valence-electron chi connectivity index (χ4n) is 2.66. The first kappa shape index (κ1) is 17.6. The Morgan fingerprint density at radius 2 is 2.04 bits per heavy atom. The molecule has 1 aliphatic rings. The lowest BCUT2D eigenvalue weighted by Crippen LogP contribution is -2.13. The molecule has 0 saturated heterocycles. The van der Waals surface area contributed by atoms with Crippen LogP contribution in [0.25, 0.3) is 0 Å². The van der Waals surface area contributed by atoms with Gasteiger partial charge in [0.1, 0.15) is 16.7 Å². The fraction of sp³-hybridized carbons (Fsp3) is 0.294. The maximum atomic E-state index is 13.9. The third kappa shape index (κ3) is 3.97. The Kier molecular flexibility index (Phi) is 4.61. The molecule has 0 radical (unpaired) electrons. The zero-order chi connectivity index (χ0) is 19.0. The van der Waals surface area contributed by atoms with Gasteiger partial charge in [-0.1, -0.05) is 11.6 Å². The monoisotopic (exact) mass is 391 g/mol. The van der Waals surface area contributed by atoms with Crippen LogP contribution in [-0.4, -0.2) is 25.1 Å². The molecule has 3 heterocycles. The first-order valence-electron chi connectivity index (χ1n) is 8.42. The minimum Gasteiger partial charge on any atom is -0.346 e. The van der Waals surface area contributed by atoms with Crippen LogP contribution in [0.15, 0.2) is 24.5 Å². The Bertz CT molecular complexity index is 974. The van der Waals surface area contributed by atoms with Gasteiger partial charge >= 0.3 is 0 Å². The normalized spacial score (nSPS) is 14.8. The van der Waals surface area contributed by atoms with E-state index in [1.165, 1.54) is 6.20 Å². The third-order valence-electron chi connectivity index (χ3n) is 4.20. The molecule has 1 fully saturated rings. The molecule has 0 bridgehead atoms. The number of halogens is 3. The van der Waals surface area contributed by atoms with Crippen molar-refractivity contribution in [2.45, 2.75) is 31.7 Å². The second kappa shape index (κ2) is 7.07. The van der Waals surface area contributed by atoms with E-state index in [0.717, 1.165) is 30.8 Å². The minimum atomic E-state index is -0.744. The van der Waals surface area contributed by atoms with Gasteiger partial charge in [-0.25, -0.2) is 13.8 Å². The molecule has 27 heavy (non-hydrogen) atoms. The smallest absolute Gasteiger partial charge is 0.225 e. The highest BCUT2D eigenvalue weighted by molar-refractivity contribution is 6.32. The van der Waals surface area contributed by atoms with Gasteiger partial charge in [-0.15, -0.1) is 0 Å². The largest absolute Gasteiger partial charge is 0.346 e. The summed E-state index contributed by atoms with van der Waals surface area (Å²) in [7, 11) is 0. The second-order valence-electron chi connectivity index (χ2n) is 6.38. The molecule has 3 aromatic rings. The van der Waals surface area contributed by atoms with Gasteiger partial charge in [-0.05, 0) is 19.8 Å². The summed E-state index contributed by atoms with van der Waals surface area (Å²) in [4.78, 5) is 12.2. The summed E-state index contributed by atoms with van der Waals surface area (Å²) in [6.07, 6.45) is 4.71. The number of nitrogens with one attached hydrogen (secondary N) is 3. The van der Waals surface area contributed by atoms with E-state index in [0.29, 0.717) is 22.6 Å². The molecule has 4 rings (SSSR count). The average Bonchev–Trinajstić information content (AvgIpc) is 3.37. The molecule has 0 amide bonds. The van der Waals surface area contributed by atoms with Crippen LogP contribution in [0.3, 0.4) is 0 Å². The Morgan fingerprint density at radius 1 is 1.22 bits per heavy atom. The summed E-state index contributed by atoms with van der Waals surface area (Å²) in [5.41, 5.74) is 1.14. The van der Waals surface area contributed by atoms with E-state index in [4.69, 9.17) is 11.6 Å². The number of aromatic nitrogens is 5. The molecule has 3 aromatic heterocycles. The number of rotatable bonds is 6. The zero-order valence-corrected chi connectivity index (χ0v) is 15.1. The Labute approximate surface area is 158 Å². The topological polar surface area (TPSA) is 91.4 Å². The molecule has 0 spiro atoms. The van der Waals surface area contributed by atoms with Crippen molar-refractivity contribution in [3.8, 4) is 0 Å². The SMILES string of the molecule is CC(Nc1ncc(Cl)c(Nc2cc(C3CC3)[nH]n2)n1)c1ncc(F)cc1F. The van der Waals surface area contributed by atoms with Crippen molar-refractivity contribution in [1.29, 1.82) is 0 Å². The van der Waals surface area contributed by atoms with E-state index in [1.807, 2.05) is 6.07 Å². The van der Waals surface area contributed by atoms with E-state index in [2.05, 4.69) is 35.8 Å². The summed E-state index contributed by atoms with van der Waals surface area (Å²) in [5, 5.41) is 13.5. The summed E-state index contributed by atoms with van der Waals surface area (Å²) >= 11 is 6.16. The zero-order valence-electron chi connectivity index (χ0n) is 14.3. The van der Waals surface area contributed by atoms with Crippen LogP contribution in [0.4, 0.5) is 26.4 Å². The van der Waals surface area contributed by atoms with Crippen LogP contribution in [-0.2, 0) is 0 Å². The number of nitrogens with zero attached hydrogens (tertiary/aromatic N) is 4. The molecule has 1 atom stereocenters. The molecule has 10 heteroatoms. The van der Waals surface area contributed by atoms with Gasteiger partial charge in [0.15, 0.2) is 11.6 Å². The van der Waals surface area contributed by atoms with Crippen molar-refractivity contribution < 1.29 is 8.78 Å². The van der Waals surface area contributed by atoms with Crippen molar-refractivity contribution in [3.63, 3.8) is 0 Å². The van der Waals surface area contributed by atoms with E-state index in [1.54, 1.807) is 6.92 Å². The molecular weight excluding hydrogens is 376 g/mol. The first-order valence-corrected chi connectivity index (χ1v) is 8.79. The maximum absolute atomic E-state index is 13.9. The van der Waals surface area contributed by atoms with Crippen molar-refractivity contribution in [2.24, 2.45) is 0 Å². The number of H-pyrrole nitrogens is 1. The van der Waals surface area contributed by atoms with Crippen molar-refractivity contribution >= 4 is 29.2 Å². The molecule has 1 unspecified atom stereocenters. The third-order valence-corrected chi connectivity index (χ3v) is 4.47. The summed E-state index contributed by atoms with van der Waals surface area (Å²) in [6.45, 7) is 1.67. The van der Waals surface area contributed by atoms with Gasteiger partial charge in [-0.3, -0.25) is 10.1 Å². The van der Waals surface area contributed by atoms with Crippen LogP contribution in [0.1, 0.15) is 43.1 Å². The number of hydrogen-bond acceptors (Lipinski definition) is 6. The number of aromatic amines is 1. The highest BCUT2D eigenvalue weighted by Crippen LogP contribution is 2.39. The molecule has 0 aromatic carbocycles. The lowest BCUT2D eigenvalue weighted by atomic mass is 10.2. The van der Waals surface area contributed by atoms with Crippen LogP contribution in [0.2, 0.25) is 5.02 Å². The first-order chi connectivity index (χ1) is 13.0. The van der Waals surface area contributed by atoms with Crippen LogP contribution in [0.5, 0.6) is 0 Å². The van der Waals surface area contributed by atoms with Crippen molar-refractivity contribution in [2.75, 3.05) is 10.6 Å². The van der Waals surface area contributed by atoms with Crippen LogP contribution in [0, 0.1) is 11.6 Å².